The number of ether oxygens (including phenoxy) is 8. The van der Waals surface area contributed by atoms with Crippen molar-refractivity contribution in [2.75, 3.05) is 19.0 Å². The van der Waals surface area contributed by atoms with Crippen molar-refractivity contribution in [1.82, 2.24) is 4.90 Å². The minimum absolute atomic E-state index is 0.149. The molecule has 0 aliphatic carbocycles. The van der Waals surface area contributed by atoms with Crippen LogP contribution >= 0.6 is 11.8 Å². The van der Waals surface area contributed by atoms with Gasteiger partial charge in [-0.1, -0.05) is 49.4 Å². The molecule has 1 N–H and O–H groups in total. The minimum Gasteiger partial charge on any atom is -0.463 e. The Bertz CT molecular complexity index is 1660. The van der Waals surface area contributed by atoms with Gasteiger partial charge in [0, 0.05) is 27.7 Å². The third-order valence-corrected chi connectivity index (χ3v) is 9.78. The number of benzene rings is 2. The Kier molecular flexibility index (Phi) is 13.8. The van der Waals surface area contributed by atoms with Gasteiger partial charge in [-0.3, -0.25) is 33.7 Å². The number of rotatable bonds is 14. The van der Waals surface area contributed by atoms with Gasteiger partial charge in [-0.15, -0.1) is 11.8 Å². The summed E-state index contributed by atoms with van der Waals surface area (Å²) in [6.45, 7) is 5.71. The normalized spacial score (nSPS) is 29.3. The molecular weight excluding hydrogens is 730 g/mol. The molecule has 5 rings (SSSR count). The third kappa shape index (κ3) is 9.45. The number of aliphatic hydroxyl groups excluding tert-OH is 1. The number of fused-ring (bicyclic) bond motifs is 1. The zero-order chi connectivity index (χ0) is 39.1. The first-order valence-corrected chi connectivity index (χ1v) is 18.3. The summed E-state index contributed by atoms with van der Waals surface area (Å²) < 4.78 is 46.9. The number of thioether (sulfide) groups is 1. The van der Waals surface area contributed by atoms with Gasteiger partial charge in [-0.05, 0) is 23.4 Å². The van der Waals surface area contributed by atoms with Crippen LogP contribution in [0.5, 0.6) is 0 Å². The Balaban J connectivity index is 1.55. The molecule has 10 atom stereocenters. The molecule has 54 heavy (non-hydrogen) atoms. The highest BCUT2D eigenvalue weighted by atomic mass is 32.2. The summed E-state index contributed by atoms with van der Waals surface area (Å²) in [5.74, 6) is -4.05. The Labute approximate surface area is 315 Å². The first-order chi connectivity index (χ1) is 25.8. The molecule has 0 saturated carbocycles. The van der Waals surface area contributed by atoms with E-state index in [1.165, 1.54) is 23.9 Å². The van der Waals surface area contributed by atoms with Crippen LogP contribution in [0.2, 0.25) is 0 Å². The number of hydrogen-bond acceptors (Lipinski definition) is 16. The molecule has 2 aromatic rings. The first kappa shape index (κ1) is 40.8. The van der Waals surface area contributed by atoms with Crippen molar-refractivity contribution in [3.05, 3.63) is 71.3 Å². The summed E-state index contributed by atoms with van der Waals surface area (Å²) >= 11 is 1.25. The molecular formula is C37H43NO15S. The Morgan fingerprint density at radius 3 is 1.85 bits per heavy atom. The second kappa shape index (κ2) is 18.3. The molecule has 0 unspecified atom stereocenters. The van der Waals surface area contributed by atoms with Crippen molar-refractivity contribution in [1.29, 1.82) is 0 Å². The minimum atomic E-state index is -1.70. The summed E-state index contributed by atoms with van der Waals surface area (Å²) in [6.07, 6.45) is -11.9. The van der Waals surface area contributed by atoms with E-state index in [2.05, 4.69) is 0 Å². The standard InChI is InChI=1S/C37H43NO15S/c1-6-54-37-28(38-34(44)24-14-10-11-15-25(24)35(38)45)29(43)30(26(52-37)17-46-16-23-12-8-7-9-13-23)53-36-33(50-22(5)42)32(49-21(4)41)31(48-20(3)40)27(51-36)18-47-19(2)39/h7-15,26-33,36-37,43H,6,16-18H2,1-5H3/t26-,27-,28-,29-,30-,31+,32+,33-,36+,37+/m1/s1. The average Bonchev–Trinajstić information content (AvgIpc) is 3.36. The van der Waals surface area contributed by atoms with E-state index >= 15 is 0 Å². The Hall–Kier alpha value is -4.39. The molecule has 2 aromatic carbocycles. The van der Waals surface area contributed by atoms with Crippen molar-refractivity contribution in [2.45, 2.75) is 102 Å². The summed E-state index contributed by atoms with van der Waals surface area (Å²) in [5, 5.41) is 12.3. The summed E-state index contributed by atoms with van der Waals surface area (Å²) in [5.41, 5.74) is 0.197. The number of carbonyl (C=O) groups is 6. The summed E-state index contributed by atoms with van der Waals surface area (Å²) in [4.78, 5) is 77.5. The lowest BCUT2D eigenvalue weighted by atomic mass is 9.95. The second-order valence-corrected chi connectivity index (χ2v) is 14.0. The topological polar surface area (TPSA) is 200 Å². The van der Waals surface area contributed by atoms with E-state index in [9.17, 15) is 33.9 Å². The van der Waals surface area contributed by atoms with Crippen LogP contribution in [0.15, 0.2) is 54.6 Å². The number of hydrogen-bond donors (Lipinski definition) is 1. The van der Waals surface area contributed by atoms with Gasteiger partial charge in [0.25, 0.3) is 11.8 Å². The van der Waals surface area contributed by atoms with E-state index in [1.54, 1.807) is 12.1 Å². The summed E-state index contributed by atoms with van der Waals surface area (Å²) in [6, 6.07) is 14.2. The maximum absolute atomic E-state index is 13.8. The molecule has 3 aliphatic rings. The SMILES string of the molecule is CCS[C@@H]1O[C@H](COCc2ccccc2)[C@@H](O[C@@H]2O[C@H](COC(C)=O)[C@H](OC(C)=O)[C@H](OC(C)=O)[C@H]2OC(C)=O)[C@H](O)[C@H]1N1C(=O)c2ccccc2C1=O. The van der Waals surface area contributed by atoms with Gasteiger partial charge in [-0.2, -0.15) is 0 Å². The molecule has 0 radical (unpaired) electrons. The van der Waals surface area contributed by atoms with Gasteiger partial charge in [-0.25, -0.2) is 0 Å². The van der Waals surface area contributed by atoms with E-state index in [0.29, 0.717) is 5.75 Å². The van der Waals surface area contributed by atoms with Gasteiger partial charge >= 0.3 is 23.9 Å². The molecule has 3 heterocycles. The van der Waals surface area contributed by atoms with Gasteiger partial charge in [0.1, 0.15) is 42.5 Å². The quantitative estimate of drug-likeness (QED) is 0.166. The van der Waals surface area contributed by atoms with Crippen molar-refractivity contribution >= 4 is 47.5 Å². The lowest BCUT2D eigenvalue weighted by Crippen LogP contribution is -2.68. The molecule has 2 fully saturated rings. The van der Waals surface area contributed by atoms with Gasteiger partial charge in [0.15, 0.2) is 24.6 Å². The van der Waals surface area contributed by atoms with E-state index in [4.69, 9.17) is 37.9 Å². The van der Waals surface area contributed by atoms with Crippen molar-refractivity contribution in [2.24, 2.45) is 0 Å². The van der Waals surface area contributed by atoms with E-state index in [-0.39, 0.29) is 24.3 Å². The van der Waals surface area contributed by atoms with Crippen LogP contribution in [0.3, 0.4) is 0 Å². The molecule has 0 spiro atoms. The van der Waals surface area contributed by atoms with E-state index in [0.717, 1.165) is 38.2 Å². The van der Waals surface area contributed by atoms with E-state index < -0.39 is 103 Å². The third-order valence-electron chi connectivity index (χ3n) is 8.73. The van der Waals surface area contributed by atoms with Crippen LogP contribution in [-0.2, 0) is 63.7 Å². The highest BCUT2D eigenvalue weighted by Crippen LogP contribution is 2.39. The maximum atomic E-state index is 13.8. The number of aliphatic hydroxyl groups is 1. The number of amides is 2. The fourth-order valence-corrected chi connectivity index (χ4v) is 7.61. The number of esters is 4. The lowest BCUT2D eigenvalue weighted by molar-refractivity contribution is -0.338. The van der Waals surface area contributed by atoms with Crippen LogP contribution in [-0.4, -0.2) is 125 Å². The highest BCUT2D eigenvalue weighted by Gasteiger charge is 2.58. The molecule has 2 saturated heterocycles. The predicted octanol–water partition coefficient (Wildman–Crippen LogP) is 2.18. The number of imide groups is 1. The van der Waals surface area contributed by atoms with Crippen LogP contribution in [0.4, 0.5) is 0 Å². The maximum Gasteiger partial charge on any atom is 0.303 e. The van der Waals surface area contributed by atoms with Crippen LogP contribution in [0.25, 0.3) is 0 Å². The average molecular weight is 774 g/mol. The monoisotopic (exact) mass is 773 g/mol. The summed E-state index contributed by atoms with van der Waals surface area (Å²) in [7, 11) is 0. The fourth-order valence-electron chi connectivity index (χ4n) is 6.58. The first-order valence-electron chi connectivity index (χ1n) is 17.3. The number of nitrogens with zero attached hydrogens (tertiary/aromatic N) is 1. The van der Waals surface area contributed by atoms with Crippen LogP contribution in [0, 0.1) is 0 Å². The fraction of sp³-hybridized carbons (Fsp3) is 0.514. The number of carbonyl (C=O) groups excluding carboxylic acids is 6. The zero-order valence-corrected chi connectivity index (χ0v) is 31.1. The molecule has 17 heteroatoms. The van der Waals surface area contributed by atoms with Gasteiger partial charge < -0.3 is 43.0 Å². The smallest absolute Gasteiger partial charge is 0.303 e. The Morgan fingerprint density at radius 2 is 1.28 bits per heavy atom. The zero-order valence-electron chi connectivity index (χ0n) is 30.3. The molecule has 3 aliphatic heterocycles. The highest BCUT2D eigenvalue weighted by molar-refractivity contribution is 7.99. The molecule has 292 valence electrons. The van der Waals surface area contributed by atoms with Crippen molar-refractivity contribution < 1.29 is 71.8 Å². The van der Waals surface area contributed by atoms with Crippen LogP contribution in [0.1, 0.15) is 60.9 Å². The predicted molar refractivity (Wildman–Crippen MR) is 186 cm³/mol. The molecule has 0 aromatic heterocycles. The van der Waals surface area contributed by atoms with E-state index in [1.807, 2.05) is 37.3 Å². The van der Waals surface area contributed by atoms with Gasteiger partial charge in [0.05, 0.1) is 24.3 Å². The van der Waals surface area contributed by atoms with Crippen LogP contribution < -0.4 is 0 Å². The largest absolute Gasteiger partial charge is 0.463 e. The van der Waals surface area contributed by atoms with Crippen molar-refractivity contribution in [3.63, 3.8) is 0 Å². The second-order valence-electron chi connectivity index (χ2n) is 12.7. The molecule has 2 amide bonds. The van der Waals surface area contributed by atoms with Gasteiger partial charge in [0.2, 0.25) is 0 Å². The van der Waals surface area contributed by atoms with Crippen molar-refractivity contribution in [3.8, 4) is 0 Å². The molecule has 0 bridgehead atoms. The Morgan fingerprint density at radius 1 is 0.722 bits per heavy atom. The molecule has 16 nitrogen and oxygen atoms in total. The lowest BCUT2D eigenvalue weighted by Gasteiger charge is -2.49.